The second-order valence-corrected chi connectivity index (χ2v) is 4.10. The number of hydrogen-bond acceptors (Lipinski definition) is 3. The Labute approximate surface area is 99.9 Å². The van der Waals surface area contributed by atoms with Crippen LogP contribution < -0.4 is 11.1 Å². The third-order valence-electron chi connectivity index (χ3n) is 2.12. The number of amides is 1. The molecular formula is C11H8F2N2OS. The molecule has 0 atom stereocenters. The minimum atomic E-state index is -0.944. The van der Waals surface area contributed by atoms with E-state index in [-0.39, 0.29) is 5.56 Å². The highest BCUT2D eigenvalue weighted by Crippen LogP contribution is 2.19. The Kier molecular flexibility index (Phi) is 3.06. The molecule has 2 rings (SSSR count). The van der Waals surface area contributed by atoms with Gasteiger partial charge in [0, 0.05) is 10.9 Å². The molecule has 0 saturated heterocycles. The average molecular weight is 254 g/mol. The Morgan fingerprint density at radius 3 is 2.47 bits per heavy atom. The van der Waals surface area contributed by atoms with Crippen LogP contribution in [0.1, 0.15) is 10.4 Å². The quantitative estimate of drug-likeness (QED) is 0.810. The van der Waals surface area contributed by atoms with Crippen molar-refractivity contribution < 1.29 is 13.6 Å². The van der Waals surface area contributed by atoms with Crippen LogP contribution in [0.5, 0.6) is 0 Å². The predicted molar refractivity (Wildman–Crippen MR) is 63.0 cm³/mol. The molecule has 6 heteroatoms. The fraction of sp³-hybridized carbons (Fsp3) is 0. The zero-order valence-electron chi connectivity index (χ0n) is 8.54. The topological polar surface area (TPSA) is 55.1 Å². The first-order chi connectivity index (χ1) is 8.08. The Balaban J connectivity index is 2.26. The van der Waals surface area contributed by atoms with Crippen LogP contribution in [-0.2, 0) is 0 Å². The van der Waals surface area contributed by atoms with Crippen molar-refractivity contribution in [3.63, 3.8) is 0 Å². The third-order valence-corrected chi connectivity index (χ3v) is 2.80. The Hall–Kier alpha value is -1.95. The lowest BCUT2D eigenvalue weighted by molar-refractivity contribution is 0.102. The number of carbonyl (C=O) groups excluding carboxylic acids is 1. The van der Waals surface area contributed by atoms with E-state index in [0.29, 0.717) is 5.69 Å². The Morgan fingerprint density at radius 1 is 1.29 bits per heavy atom. The van der Waals surface area contributed by atoms with Crippen LogP contribution in [0, 0.1) is 11.6 Å². The summed E-state index contributed by atoms with van der Waals surface area (Å²) in [6.45, 7) is 0. The lowest BCUT2D eigenvalue weighted by atomic mass is 10.1. The average Bonchev–Trinajstić information content (AvgIpc) is 2.77. The Bertz CT molecular complexity index is 532. The van der Waals surface area contributed by atoms with Gasteiger partial charge in [-0.15, -0.1) is 0 Å². The highest BCUT2D eigenvalue weighted by Gasteiger charge is 2.13. The van der Waals surface area contributed by atoms with Crippen molar-refractivity contribution in [1.82, 2.24) is 0 Å². The zero-order chi connectivity index (χ0) is 12.4. The SMILES string of the molecule is Nc1c(F)cc(C(=O)Nc2ccsc2)cc1F. The molecule has 3 N–H and O–H groups in total. The first-order valence-corrected chi connectivity index (χ1v) is 5.60. The van der Waals surface area contributed by atoms with Crippen molar-refractivity contribution in [3.8, 4) is 0 Å². The summed E-state index contributed by atoms with van der Waals surface area (Å²) in [4.78, 5) is 11.6. The smallest absolute Gasteiger partial charge is 0.255 e. The normalized spacial score (nSPS) is 10.2. The molecule has 17 heavy (non-hydrogen) atoms. The molecule has 0 fully saturated rings. The molecule has 1 amide bonds. The van der Waals surface area contributed by atoms with E-state index in [0.717, 1.165) is 12.1 Å². The predicted octanol–water partition coefficient (Wildman–Crippen LogP) is 2.86. The van der Waals surface area contributed by atoms with Crippen LogP contribution in [-0.4, -0.2) is 5.91 Å². The highest BCUT2D eigenvalue weighted by atomic mass is 32.1. The molecule has 1 aromatic carbocycles. The number of rotatable bonds is 2. The van der Waals surface area contributed by atoms with Gasteiger partial charge in [-0.2, -0.15) is 11.3 Å². The third kappa shape index (κ3) is 2.42. The molecule has 0 aliphatic rings. The van der Waals surface area contributed by atoms with Gasteiger partial charge in [0.2, 0.25) is 0 Å². The molecular weight excluding hydrogens is 246 g/mol. The Morgan fingerprint density at radius 2 is 1.94 bits per heavy atom. The largest absolute Gasteiger partial charge is 0.394 e. The number of thiophene rings is 1. The molecule has 1 heterocycles. The monoisotopic (exact) mass is 254 g/mol. The summed E-state index contributed by atoms with van der Waals surface area (Å²) in [5, 5.41) is 6.00. The molecule has 0 spiro atoms. The number of nitrogen functional groups attached to an aromatic ring is 1. The molecule has 88 valence electrons. The van der Waals surface area contributed by atoms with Gasteiger partial charge >= 0.3 is 0 Å². The van der Waals surface area contributed by atoms with Crippen molar-refractivity contribution in [3.05, 3.63) is 46.2 Å². The summed E-state index contributed by atoms with van der Waals surface area (Å²) in [7, 11) is 0. The van der Waals surface area contributed by atoms with Gasteiger partial charge in [0.25, 0.3) is 5.91 Å². The zero-order valence-corrected chi connectivity index (χ0v) is 9.35. The molecule has 0 aliphatic carbocycles. The maximum absolute atomic E-state index is 13.1. The van der Waals surface area contributed by atoms with Gasteiger partial charge in [0.05, 0.1) is 5.69 Å². The minimum absolute atomic E-state index is 0.111. The van der Waals surface area contributed by atoms with Crippen LogP contribution in [0.15, 0.2) is 29.0 Å². The van der Waals surface area contributed by atoms with Gasteiger partial charge in [-0.05, 0) is 23.6 Å². The molecule has 0 radical (unpaired) electrons. The molecule has 1 aromatic heterocycles. The van der Waals surface area contributed by atoms with Crippen LogP contribution in [0.4, 0.5) is 20.2 Å². The maximum atomic E-state index is 13.1. The van der Waals surface area contributed by atoms with E-state index in [2.05, 4.69) is 5.32 Å². The van der Waals surface area contributed by atoms with Crippen molar-refractivity contribution in [2.75, 3.05) is 11.1 Å². The standard InChI is InChI=1S/C11H8F2N2OS/c12-8-3-6(4-9(13)10(8)14)11(16)15-7-1-2-17-5-7/h1-5H,14H2,(H,15,16). The molecule has 3 nitrogen and oxygen atoms in total. The summed E-state index contributed by atoms with van der Waals surface area (Å²) in [5.74, 6) is -2.47. The van der Waals surface area contributed by atoms with Crippen molar-refractivity contribution >= 4 is 28.6 Å². The molecule has 2 aromatic rings. The van der Waals surface area contributed by atoms with E-state index < -0.39 is 23.2 Å². The van der Waals surface area contributed by atoms with Gasteiger partial charge in [-0.25, -0.2) is 8.78 Å². The highest BCUT2D eigenvalue weighted by molar-refractivity contribution is 7.08. The van der Waals surface area contributed by atoms with E-state index in [4.69, 9.17) is 5.73 Å². The molecule has 0 unspecified atom stereocenters. The number of benzene rings is 1. The summed E-state index contributed by atoms with van der Waals surface area (Å²) in [5.41, 5.74) is 4.99. The maximum Gasteiger partial charge on any atom is 0.255 e. The fourth-order valence-electron chi connectivity index (χ4n) is 1.25. The van der Waals surface area contributed by atoms with Crippen molar-refractivity contribution in [1.29, 1.82) is 0 Å². The van der Waals surface area contributed by atoms with Gasteiger partial charge in [-0.3, -0.25) is 4.79 Å². The molecule has 0 saturated carbocycles. The second-order valence-electron chi connectivity index (χ2n) is 3.32. The lowest BCUT2D eigenvalue weighted by Gasteiger charge is -2.05. The summed E-state index contributed by atoms with van der Waals surface area (Å²) < 4.78 is 26.3. The van der Waals surface area contributed by atoms with E-state index in [1.807, 2.05) is 0 Å². The first kappa shape index (κ1) is 11.5. The van der Waals surface area contributed by atoms with Gasteiger partial charge < -0.3 is 11.1 Å². The summed E-state index contributed by atoms with van der Waals surface area (Å²) in [6, 6.07) is 3.49. The number of halogens is 2. The van der Waals surface area contributed by atoms with Crippen LogP contribution in [0.25, 0.3) is 0 Å². The van der Waals surface area contributed by atoms with Gasteiger partial charge in [0.15, 0.2) is 0 Å². The van der Waals surface area contributed by atoms with Crippen LogP contribution in [0.2, 0.25) is 0 Å². The minimum Gasteiger partial charge on any atom is -0.394 e. The van der Waals surface area contributed by atoms with E-state index in [9.17, 15) is 13.6 Å². The van der Waals surface area contributed by atoms with Crippen molar-refractivity contribution in [2.24, 2.45) is 0 Å². The number of nitrogens with two attached hydrogens (primary N) is 1. The van der Waals surface area contributed by atoms with Crippen LogP contribution >= 0.6 is 11.3 Å². The second kappa shape index (κ2) is 4.50. The number of hydrogen-bond donors (Lipinski definition) is 2. The van der Waals surface area contributed by atoms with Gasteiger partial charge in [-0.1, -0.05) is 0 Å². The first-order valence-electron chi connectivity index (χ1n) is 4.66. The van der Waals surface area contributed by atoms with Crippen LogP contribution in [0.3, 0.4) is 0 Å². The van der Waals surface area contributed by atoms with E-state index >= 15 is 0 Å². The molecule has 0 bridgehead atoms. The number of anilines is 2. The summed E-state index contributed by atoms with van der Waals surface area (Å²) in [6.07, 6.45) is 0. The number of carbonyl (C=O) groups is 1. The molecule has 0 aliphatic heterocycles. The van der Waals surface area contributed by atoms with Gasteiger partial charge in [0.1, 0.15) is 17.3 Å². The fourth-order valence-corrected chi connectivity index (χ4v) is 1.84. The van der Waals surface area contributed by atoms with E-state index in [1.165, 1.54) is 11.3 Å². The van der Waals surface area contributed by atoms with E-state index in [1.54, 1.807) is 16.8 Å². The number of nitrogens with one attached hydrogen (secondary N) is 1. The lowest BCUT2D eigenvalue weighted by Crippen LogP contribution is -2.12. The van der Waals surface area contributed by atoms with Crippen molar-refractivity contribution in [2.45, 2.75) is 0 Å². The summed E-state index contributed by atoms with van der Waals surface area (Å²) >= 11 is 1.40.